The minimum absolute atomic E-state index is 0. The lowest BCUT2D eigenvalue weighted by molar-refractivity contribution is 0.323. The van der Waals surface area contributed by atoms with Crippen LogP contribution < -0.4 is 24.8 Å². The number of unbranched alkanes of at least 4 members (excludes halogenated alkanes) is 1. The molecule has 0 fully saturated rings. The number of aromatic nitrogens is 1. The van der Waals surface area contributed by atoms with Crippen molar-refractivity contribution in [3.8, 4) is 17.2 Å². The minimum Gasteiger partial charge on any atom is -0.493 e. The first-order valence-electron chi connectivity index (χ1n) is 9.25. The fourth-order valence-electron chi connectivity index (χ4n) is 2.77. The number of halogens is 1. The molecule has 0 aliphatic rings. The van der Waals surface area contributed by atoms with Gasteiger partial charge in [0.25, 0.3) is 0 Å². The third-order valence-corrected chi connectivity index (χ3v) is 5.21. The van der Waals surface area contributed by atoms with Crippen molar-refractivity contribution in [1.29, 1.82) is 0 Å². The summed E-state index contributed by atoms with van der Waals surface area (Å²) in [6.07, 6.45) is 3.19. The highest BCUT2D eigenvalue weighted by Gasteiger charge is 2.13. The first-order chi connectivity index (χ1) is 13.6. The molecular formula is C20H31IN4O3S. The Hall–Kier alpha value is -1.75. The van der Waals surface area contributed by atoms with Crippen LogP contribution in [0.2, 0.25) is 0 Å². The molecule has 0 bridgehead atoms. The van der Waals surface area contributed by atoms with E-state index in [2.05, 4.69) is 26.0 Å². The highest BCUT2D eigenvalue weighted by Crippen LogP contribution is 2.38. The SMILES string of the molecule is CN=C(NCCCCc1nc(C)cs1)NCc1cc(OC)c(OC)c(OC)c1.I. The molecule has 0 saturated carbocycles. The van der Waals surface area contributed by atoms with E-state index >= 15 is 0 Å². The van der Waals surface area contributed by atoms with Gasteiger partial charge in [-0.15, -0.1) is 35.3 Å². The summed E-state index contributed by atoms with van der Waals surface area (Å²) in [7, 11) is 6.59. The maximum absolute atomic E-state index is 5.40. The summed E-state index contributed by atoms with van der Waals surface area (Å²) in [5, 5.41) is 9.97. The van der Waals surface area contributed by atoms with Gasteiger partial charge in [-0.05, 0) is 43.9 Å². The second-order valence-electron chi connectivity index (χ2n) is 6.23. The minimum atomic E-state index is 0. The number of aliphatic imine (C=N–C) groups is 1. The number of hydrogen-bond acceptors (Lipinski definition) is 6. The zero-order chi connectivity index (χ0) is 20.4. The molecule has 7 nitrogen and oxygen atoms in total. The first kappa shape index (κ1) is 25.3. The zero-order valence-electron chi connectivity index (χ0n) is 17.7. The summed E-state index contributed by atoms with van der Waals surface area (Å²) in [5.41, 5.74) is 2.12. The molecule has 1 aromatic carbocycles. The predicted molar refractivity (Wildman–Crippen MR) is 130 cm³/mol. The second-order valence-corrected chi connectivity index (χ2v) is 7.17. The maximum atomic E-state index is 5.40. The highest BCUT2D eigenvalue weighted by atomic mass is 127. The fraction of sp³-hybridized carbons (Fsp3) is 0.500. The van der Waals surface area contributed by atoms with Crippen LogP contribution in [0, 0.1) is 6.92 Å². The number of benzene rings is 1. The Morgan fingerprint density at radius 3 is 2.28 bits per heavy atom. The van der Waals surface area contributed by atoms with Gasteiger partial charge < -0.3 is 24.8 Å². The molecule has 0 amide bonds. The molecule has 2 N–H and O–H groups in total. The second kappa shape index (κ2) is 13.5. The third-order valence-electron chi connectivity index (χ3n) is 4.18. The van der Waals surface area contributed by atoms with Gasteiger partial charge in [0.05, 0.1) is 26.3 Å². The van der Waals surface area contributed by atoms with E-state index in [0.29, 0.717) is 23.8 Å². The maximum Gasteiger partial charge on any atom is 0.203 e. The molecule has 0 spiro atoms. The predicted octanol–water partition coefficient (Wildman–Crippen LogP) is 3.78. The Morgan fingerprint density at radius 1 is 1.07 bits per heavy atom. The zero-order valence-corrected chi connectivity index (χ0v) is 20.9. The van der Waals surface area contributed by atoms with Crippen LogP contribution >= 0.6 is 35.3 Å². The van der Waals surface area contributed by atoms with Crippen LogP contribution in [0.5, 0.6) is 17.2 Å². The summed E-state index contributed by atoms with van der Waals surface area (Å²) < 4.78 is 16.2. The van der Waals surface area contributed by atoms with Gasteiger partial charge in [-0.25, -0.2) is 4.98 Å². The number of rotatable bonds is 10. The molecule has 0 radical (unpaired) electrons. The Kier molecular flexibility index (Phi) is 11.7. The average molecular weight is 534 g/mol. The number of hydrogen-bond donors (Lipinski definition) is 2. The van der Waals surface area contributed by atoms with E-state index in [9.17, 15) is 0 Å². The lowest BCUT2D eigenvalue weighted by atomic mass is 10.2. The normalized spacial score (nSPS) is 10.9. The van der Waals surface area contributed by atoms with Crippen LogP contribution in [0.1, 0.15) is 29.1 Å². The Morgan fingerprint density at radius 2 is 1.76 bits per heavy atom. The Balaban J connectivity index is 0.00000420. The number of ether oxygens (including phenoxy) is 3. The van der Waals surface area contributed by atoms with E-state index in [4.69, 9.17) is 14.2 Å². The van der Waals surface area contributed by atoms with Crippen molar-refractivity contribution >= 4 is 41.3 Å². The van der Waals surface area contributed by atoms with Gasteiger partial charge in [0.1, 0.15) is 0 Å². The van der Waals surface area contributed by atoms with E-state index in [1.54, 1.807) is 39.7 Å². The largest absolute Gasteiger partial charge is 0.493 e. The molecule has 0 atom stereocenters. The first-order valence-corrected chi connectivity index (χ1v) is 10.1. The van der Waals surface area contributed by atoms with Gasteiger partial charge in [-0.2, -0.15) is 0 Å². The number of nitrogens with zero attached hydrogens (tertiary/aromatic N) is 2. The summed E-state index contributed by atoms with van der Waals surface area (Å²) in [6.45, 7) is 3.49. The van der Waals surface area contributed by atoms with Gasteiger partial charge in [0.15, 0.2) is 17.5 Å². The Bertz CT molecular complexity index is 758. The van der Waals surface area contributed by atoms with Crippen LogP contribution in [0.25, 0.3) is 0 Å². The van der Waals surface area contributed by atoms with Crippen molar-refractivity contribution in [3.63, 3.8) is 0 Å². The van der Waals surface area contributed by atoms with Crippen LogP contribution in [0.15, 0.2) is 22.5 Å². The molecule has 1 heterocycles. The van der Waals surface area contributed by atoms with Crippen LogP contribution in [-0.4, -0.2) is 45.9 Å². The van der Waals surface area contributed by atoms with Crippen LogP contribution in [0.4, 0.5) is 0 Å². The topological polar surface area (TPSA) is 77.0 Å². The highest BCUT2D eigenvalue weighted by molar-refractivity contribution is 14.0. The summed E-state index contributed by atoms with van der Waals surface area (Å²) >= 11 is 1.74. The van der Waals surface area contributed by atoms with E-state index in [1.165, 1.54) is 5.01 Å². The Labute approximate surface area is 194 Å². The molecule has 0 saturated heterocycles. The van der Waals surface area contributed by atoms with Crippen molar-refractivity contribution in [2.75, 3.05) is 34.9 Å². The molecule has 162 valence electrons. The van der Waals surface area contributed by atoms with Crippen molar-refractivity contribution in [1.82, 2.24) is 15.6 Å². The number of methoxy groups -OCH3 is 3. The molecule has 29 heavy (non-hydrogen) atoms. The van der Waals surface area contributed by atoms with Gasteiger partial charge >= 0.3 is 0 Å². The summed E-state index contributed by atoms with van der Waals surface area (Å²) in [4.78, 5) is 8.77. The molecule has 1 aromatic heterocycles. The van der Waals surface area contributed by atoms with Gasteiger partial charge in [0.2, 0.25) is 5.75 Å². The van der Waals surface area contributed by atoms with Crippen molar-refractivity contribution in [2.45, 2.75) is 32.7 Å². The molecule has 2 rings (SSSR count). The molecule has 0 aliphatic heterocycles. The van der Waals surface area contributed by atoms with E-state index in [-0.39, 0.29) is 24.0 Å². The number of guanidine groups is 1. The standard InChI is InChI=1S/C20H30N4O3S.HI/c1-14-13-28-18(24-14)8-6-7-9-22-20(21-2)23-12-15-10-16(25-3)19(27-5)17(11-15)26-4;/h10-11,13H,6-9,12H2,1-5H3,(H2,21,22,23);1H. The molecule has 0 unspecified atom stereocenters. The molecular weight excluding hydrogens is 503 g/mol. The average Bonchev–Trinajstić information content (AvgIpc) is 3.13. The summed E-state index contributed by atoms with van der Waals surface area (Å²) in [6, 6.07) is 3.86. The number of aryl methyl sites for hydroxylation is 2. The molecule has 0 aliphatic carbocycles. The van der Waals surface area contributed by atoms with E-state index < -0.39 is 0 Å². The summed E-state index contributed by atoms with van der Waals surface area (Å²) in [5.74, 6) is 2.63. The van der Waals surface area contributed by atoms with Crippen molar-refractivity contribution in [3.05, 3.63) is 33.8 Å². The van der Waals surface area contributed by atoms with E-state index in [1.807, 2.05) is 19.1 Å². The van der Waals surface area contributed by atoms with Crippen LogP contribution in [0.3, 0.4) is 0 Å². The smallest absolute Gasteiger partial charge is 0.203 e. The van der Waals surface area contributed by atoms with Gasteiger partial charge in [-0.3, -0.25) is 4.99 Å². The van der Waals surface area contributed by atoms with Crippen LogP contribution in [-0.2, 0) is 13.0 Å². The van der Waals surface area contributed by atoms with Crippen molar-refractivity contribution < 1.29 is 14.2 Å². The van der Waals surface area contributed by atoms with Gasteiger partial charge in [-0.1, -0.05) is 0 Å². The lowest BCUT2D eigenvalue weighted by Crippen LogP contribution is -2.37. The number of thiazole rings is 1. The molecule has 2 aromatic rings. The van der Waals surface area contributed by atoms with Crippen molar-refractivity contribution in [2.24, 2.45) is 4.99 Å². The number of nitrogens with one attached hydrogen (secondary N) is 2. The quantitative estimate of drug-likeness (QED) is 0.209. The monoisotopic (exact) mass is 534 g/mol. The fourth-order valence-corrected chi connectivity index (χ4v) is 3.59. The van der Waals surface area contributed by atoms with Gasteiger partial charge in [0, 0.05) is 31.2 Å². The lowest BCUT2D eigenvalue weighted by Gasteiger charge is -2.16. The molecule has 9 heteroatoms. The third kappa shape index (κ3) is 7.88. The van der Waals surface area contributed by atoms with E-state index in [0.717, 1.165) is 43.0 Å².